The van der Waals surface area contributed by atoms with E-state index in [1.54, 1.807) is 6.20 Å². The number of nitrogens with two attached hydrogens (primary N) is 1. The lowest BCUT2D eigenvalue weighted by molar-refractivity contribution is 0.695. The van der Waals surface area contributed by atoms with Gasteiger partial charge in [-0.05, 0) is 40.9 Å². The van der Waals surface area contributed by atoms with Gasteiger partial charge >= 0.3 is 0 Å². The fourth-order valence-corrected chi connectivity index (χ4v) is 3.06. The average Bonchev–Trinajstić information content (AvgIpc) is 3.01. The molecule has 104 valence electrons. The Morgan fingerprint density at radius 1 is 1.25 bits per heavy atom. The molecule has 0 aromatic carbocycles. The van der Waals surface area contributed by atoms with Crippen LogP contribution in [0.3, 0.4) is 0 Å². The van der Waals surface area contributed by atoms with E-state index >= 15 is 0 Å². The lowest BCUT2D eigenvalue weighted by Gasteiger charge is -2.12. The highest BCUT2D eigenvalue weighted by molar-refractivity contribution is 9.10. The van der Waals surface area contributed by atoms with Crippen molar-refractivity contribution in [3.8, 4) is 11.5 Å². The molecule has 0 bridgehead atoms. The van der Waals surface area contributed by atoms with Crippen LogP contribution in [0.5, 0.6) is 0 Å². The monoisotopic (exact) mass is 333 g/mol. The van der Waals surface area contributed by atoms with Crippen molar-refractivity contribution in [2.24, 2.45) is 5.84 Å². The van der Waals surface area contributed by atoms with Crippen LogP contribution >= 0.6 is 15.9 Å². The maximum absolute atomic E-state index is 5.53. The van der Waals surface area contributed by atoms with Crippen molar-refractivity contribution < 1.29 is 0 Å². The Balaban J connectivity index is 2.06. The molecule has 0 aliphatic heterocycles. The normalized spacial score (nSPS) is 15.5. The standard InChI is InChI=1S/C14H16BrN5/c15-10-6-3-7-17-13(10)14-18-11(8-12(19-14)20-16)9-4-1-2-5-9/h3,6-9H,1-2,4-5,16H2,(H,18,19,20). The highest BCUT2D eigenvalue weighted by atomic mass is 79.9. The largest absolute Gasteiger partial charge is 0.308 e. The van der Waals surface area contributed by atoms with Gasteiger partial charge in [0.25, 0.3) is 0 Å². The van der Waals surface area contributed by atoms with Gasteiger partial charge in [-0.2, -0.15) is 0 Å². The smallest absolute Gasteiger partial charge is 0.181 e. The van der Waals surface area contributed by atoms with Crippen LogP contribution in [-0.4, -0.2) is 15.0 Å². The first-order valence-corrected chi connectivity index (χ1v) is 7.53. The van der Waals surface area contributed by atoms with Crippen LogP contribution in [-0.2, 0) is 0 Å². The van der Waals surface area contributed by atoms with Gasteiger partial charge in [0, 0.05) is 28.3 Å². The Kier molecular flexibility index (Phi) is 3.93. The zero-order chi connectivity index (χ0) is 13.9. The SMILES string of the molecule is NNc1cc(C2CCCC2)nc(-c2ncccc2Br)n1. The first-order valence-electron chi connectivity index (χ1n) is 6.74. The molecule has 6 heteroatoms. The molecule has 1 aliphatic rings. The van der Waals surface area contributed by atoms with Gasteiger partial charge < -0.3 is 5.43 Å². The molecule has 3 rings (SSSR count). The topological polar surface area (TPSA) is 76.7 Å². The van der Waals surface area contributed by atoms with E-state index in [1.807, 2.05) is 18.2 Å². The highest BCUT2D eigenvalue weighted by Gasteiger charge is 2.21. The van der Waals surface area contributed by atoms with E-state index in [0.29, 0.717) is 17.6 Å². The number of nitrogen functional groups attached to an aromatic ring is 1. The van der Waals surface area contributed by atoms with Crippen molar-refractivity contribution in [2.45, 2.75) is 31.6 Å². The van der Waals surface area contributed by atoms with Crippen LogP contribution in [0.25, 0.3) is 11.5 Å². The number of anilines is 1. The van der Waals surface area contributed by atoms with E-state index in [0.717, 1.165) is 15.9 Å². The molecule has 0 unspecified atom stereocenters. The number of hydrazine groups is 1. The minimum atomic E-state index is 0.506. The first-order chi connectivity index (χ1) is 9.78. The summed E-state index contributed by atoms with van der Waals surface area (Å²) < 4.78 is 0.881. The van der Waals surface area contributed by atoms with Crippen LogP contribution in [0, 0.1) is 0 Å². The third-order valence-corrected chi connectivity index (χ3v) is 4.28. The molecular weight excluding hydrogens is 318 g/mol. The summed E-state index contributed by atoms with van der Waals surface area (Å²) in [5, 5.41) is 0. The van der Waals surface area contributed by atoms with Crippen molar-refractivity contribution in [3.63, 3.8) is 0 Å². The van der Waals surface area contributed by atoms with Crippen molar-refractivity contribution in [1.29, 1.82) is 0 Å². The molecule has 1 fully saturated rings. The van der Waals surface area contributed by atoms with E-state index in [1.165, 1.54) is 25.7 Å². The Morgan fingerprint density at radius 3 is 2.75 bits per heavy atom. The quantitative estimate of drug-likeness (QED) is 0.666. The summed E-state index contributed by atoms with van der Waals surface area (Å²) in [6.07, 6.45) is 6.64. The van der Waals surface area contributed by atoms with E-state index < -0.39 is 0 Å². The summed E-state index contributed by atoms with van der Waals surface area (Å²) in [6, 6.07) is 5.75. The fraction of sp³-hybridized carbons (Fsp3) is 0.357. The number of rotatable bonds is 3. The Labute approximate surface area is 126 Å². The maximum atomic E-state index is 5.53. The van der Waals surface area contributed by atoms with E-state index in [4.69, 9.17) is 10.8 Å². The first kappa shape index (κ1) is 13.5. The number of halogens is 1. The molecule has 0 spiro atoms. The molecule has 2 aromatic rings. The number of nitrogens with one attached hydrogen (secondary N) is 1. The van der Waals surface area contributed by atoms with E-state index in [9.17, 15) is 0 Å². The molecule has 5 nitrogen and oxygen atoms in total. The summed E-state index contributed by atoms with van der Waals surface area (Å²) in [5.74, 6) is 7.28. The van der Waals surface area contributed by atoms with Crippen LogP contribution in [0.4, 0.5) is 5.82 Å². The predicted octanol–water partition coefficient (Wildman–Crippen LogP) is 3.24. The molecule has 2 aromatic heterocycles. The number of nitrogens with zero attached hydrogens (tertiary/aromatic N) is 3. The van der Waals surface area contributed by atoms with Gasteiger partial charge in [-0.1, -0.05) is 12.8 Å². The van der Waals surface area contributed by atoms with Crippen LogP contribution < -0.4 is 11.3 Å². The lowest BCUT2D eigenvalue weighted by atomic mass is 10.0. The van der Waals surface area contributed by atoms with Crippen LogP contribution in [0.15, 0.2) is 28.9 Å². The molecule has 0 saturated heterocycles. The second kappa shape index (κ2) is 5.85. The molecule has 3 N–H and O–H groups in total. The molecule has 1 aliphatic carbocycles. The van der Waals surface area contributed by atoms with E-state index in [-0.39, 0.29) is 0 Å². The van der Waals surface area contributed by atoms with Gasteiger partial charge in [0.2, 0.25) is 0 Å². The Bertz CT molecular complexity index is 610. The minimum Gasteiger partial charge on any atom is -0.308 e. The van der Waals surface area contributed by atoms with Gasteiger partial charge in [-0.25, -0.2) is 15.8 Å². The lowest BCUT2D eigenvalue weighted by Crippen LogP contribution is -2.11. The zero-order valence-electron chi connectivity index (χ0n) is 11.0. The van der Waals surface area contributed by atoms with Crippen LogP contribution in [0.1, 0.15) is 37.3 Å². The molecule has 0 atom stereocenters. The summed E-state index contributed by atoms with van der Waals surface area (Å²) in [7, 11) is 0. The second-order valence-electron chi connectivity index (χ2n) is 4.96. The second-order valence-corrected chi connectivity index (χ2v) is 5.82. The summed E-state index contributed by atoms with van der Waals surface area (Å²) in [5.41, 5.74) is 4.42. The van der Waals surface area contributed by atoms with E-state index in [2.05, 4.69) is 31.3 Å². The van der Waals surface area contributed by atoms with Gasteiger partial charge in [0.15, 0.2) is 5.82 Å². The number of hydrogen-bond donors (Lipinski definition) is 2. The van der Waals surface area contributed by atoms with Crippen molar-refractivity contribution in [1.82, 2.24) is 15.0 Å². The van der Waals surface area contributed by atoms with Gasteiger partial charge in [-0.3, -0.25) is 4.98 Å². The summed E-state index contributed by atoms with van der Waals surface area (Å²) in [6.45, 7) is 0. The van der Waals surface area contributed by atoms with Crippen molar-refractivity contribution in [3.05, 3.63) is 34.6 Å². The number of pyridine rings is 1. The third-order valence-electron chi connectivity index (χ3n) is 3.64. The summed E-state index contributed by atoms with van der Waals surface area (Å²) >= 11 is 3.49. The highest BCUT2D eigenvalue weighted by Crippen LogP contribution is 2.35. The predicted molar refractivity (Wildman–Crippen MR) is 82.0 cm³/mol. The Morgan fingerprint density at radius 2 is 2.05 bits per heavy atom. The molecule has 2 heterocycles. The molecular formula is C14H16BrN5. The summed E-state index contributed by atoms with van der Waals surface area (Å²) in [4.78, 5) is 13.5. The number of aromatic nitrogens is 3. The van der Waals surface area contributed by atoms with Gasteiger partial charge in [0.1, 0.15) is 11.5 Å². The van der Waals surface area contributed by atoms with Crippen molar-refractivity contribution >= 4 is 21.7 Å². The zero-order valence-corrected chi connectivity index (χ0v) is 12.6. The van der Waals surface area contributed by atoms with Crippen molar-refractivity contribution in [2.75, 3.05) is 5.43 Å². The number of hydrogen-bond acceptors (Lipinski definition) is 5. The fourth-order valence-electron chi connectivity index (χ4n) is 2.63. The third kappa shape index (κ3) is 2.66. The average molecular weight is 334 g/mol. The molecule has 0 amide bonds. The van der Waals surface area contributed by atoms with Gasteiger partial charge in [-0.15, -0.1) is 0 Å². The molecule has 20 heavy (non-hydrogen) atoms. The molecule has 0 radical (unpaired) electrons. The van der Waals surface area contributed by atoms with Gasteiger partial charge in [0.05, 0.1) is 0 Å². The minimum absolute atomic E-state index is 0.506. The molecule has 1 saturated carbocycles. The Hall–Kier alpha value is -1.53. The van der Waals surface area contributed by atoms with Crippen LogP contribution in [0.2, 0.25) is 0 Å². The maximum Gasteiger partial charge on any atom is 0.181 e.